The summed E-state index contributed by atoms with van der Waals surface area (Å²) in [6.45, 7) is 1.80. The van der Waals surface area contributed by atoms with Crippen LogP contribution in [-0.2, 0) is 0 Å². The minimum atomic E-state index is -1.23. The van der Waals surface area contributed by atoms with E-state index in [-0.39, 0.29) is 22.6 Å². The van der Waals surface area contributed by atoms with Crippen molar-refractivity contribution in [2.45, 2.75) is 6.92 Å². The van der Waals surface area contributed by atoms with Crippen molar-refractivity contribution in [1.82, 2.24) is 0 Å². The average Bonchev–Trinajstić information content (AvgIpc) is 2.38. The lowest BCUT2D eigenvalue weighted by Gasteiger charge is -2.10. The molecule has 0 spiro atoms. The minimum Gasteiger partial charge on any atom is -0.478 e. The monoisotopic (exact) mass is 271 g/mol. The Balaban J connectivity index is 2.50. The van der Waals surface area contributed by atoms with Gasteiger partial charge in [-0.05, 0) is 36.8 Å². The van der Waals surface area contributed by atoms with Gasteiger partial charge in [0, 0.05) is 6.07 Å². The van der Waals surface area contributed by atoms with Gasteiger partial charge in [-0.3, -0.25) is 0 Å². The van der Waals surface area contributed by atoms with Crippen molar-refractivity contribution in [1.29, 1.82) is 5.26 Å². The average molecular weight is 271 g/mol. The van der Waals surface area contributed by atoms with E-state index in [9.17, 15) is 9.18 Å². The van der Waals surface area contributed by atoms with Crippen molar-refractivity contribution in [3.63, 3.8) is 0 Å². The maximum atomic E-state index is 13.2. The van der Waals surface area contributed by atoms with Crippen molar-refractivity contribution < 1.29 is 19.0 Å². The van der Waals surface area contributed by atoms with Crippen LogP contribution in [0.5, 0.6) is 11.5 Å². The Labute approximate surface area is 114 Å². The largest absolute Gasteiger partial charge is 0.478 e. The van der Waals surface area contributed by atoms with Crippen LogP contribution in [0.15, 0.2) is 36.4 Å². The summed E-state index contributed by atoms with van der Waals surface area (Å²) in [6.07, 6.45) is 0. The predicted molar refractivity (Wildman–Crippen MR) is 69.3 cm³/mol. The zero-order chi connectivity index (χ0) is 14.7. The van der Waals surface area contributed by atoms with E-state index < -0.39 is 11.8 Å². The summed E-state index contributed by atoms with van der Waals surface area (Å²) < 4.78 is 18.6. The minimum absolute atomic E-state index is 0.139. The Morgan fingerprint density at radius 3 is 2.65 bits per heavy atom. The first-order chi connectivity index (χ1) is 9.51. The SMILES string of the molecule is Cc1ccc(C#N)c(Oc2cc(F)ccc2C(=O)O)c1. The summed E-state index contributed by atoms with van der Waals surface area (Å²) in [6, 6.07) is 9.96. The first-order valence-electron chi connectivity index (χ1n) is 5.72. The molecule has 0 amide bonds. The number of carboxylic acids is 1. The second kappa shape index (κ2) is 5.41. The molecule has 2 aromatic carbocycles. The summed E-state index contributed by atoms with van der Waals surface area (Å²) in [5.74, 6) is -1.79. The van der Waals surface area contributed by atoms with Gasteiger partial charge in [-0.25, -0.2) is 9.18 Å². The highest BCUT2D eigenvalue weighted by molar-refractivity contribution is 5.91. The highest BCUT2D eigenvalue weighted by Crippen LogP contribution is 2.29. The van der Waals surface area contributed by atoms with Crippen molar-refractivity contribution in [3.8, 4) is 17.6 Å². The van der Waals surface area contributed by atoms with Gasteiger partial charge in [-0.15, -0.1) is 0 Å². The molecule has 0 saturated carbocycles. The van der Waals surface area contributed by atoms with Crippen LogP contribution in [-0.4, -0.2) is 11.1 Å². The number of ether oxygens (including phenoxy) is 1. The fourth-order valence-electron chi connectivity index (χ4n) is 1.68. The molecule has 4 nitrogen and oxygen atoms in total. The van der Waals surface area contributed by atoms with Crippen LogP contribution in [0.3, 0.4) is 0 Å². The molecule has 0 aliphatic heterocycles. The van der Waals surface area contributed by atoms with Crippen LogP contribution in [0.1, 0.15) is 21.5 Å². The molecule has 0 aliphatic rings. The third-order valence-electron chi connectivity index (χ3n) is 2.65. The van der Waals surface area contributed by atoms with Gasteiger partial charge < -0.3 is 9.84 Å². The standard InChI is InChI=1S/C15H10FNO3/c1-9-2-3-10(8-17)13(6-9)20-14-7-11(16)4-5-12(14)15(18)19/h2-7H,1H3,(H,18,19). The van der Waals surface area contributed by atoms with Crippen LogP contribution in [0.25, 0.3) is 0 Å². The first kappa shape index (κ1) is 13.6. The van der Waals surface area contributed by atoms with Gasteiger partial charge in [0.25, 0.3) is 0 Å². The number of nitriles is 1. The molecule has 1 N–H and O–H groups in total. The van der Waals surface area contributed by atoms with E-state index in [0.29, 0.717) is 0 Å². The highest BCUT2D eigenvalue weighted by atomic mass is 19.1. The Kier molecular flexibility index (Phi) is 3.67. The summed E-state index contributed by atoms with van der Waals surface area (Å²) in [5.41, 5.74) is 0.917. The molecule has 0 unspecified atom stereocenters. The lowest BCUT2D eigenvalue weighted by atomic mass is 10.1. The molecule has 0 heterocycles. The molecular weight excluding hydrogens is 261 g/mol. The van der Waals surface area contributed by atoms with E-state index in [1.807, 2.05) is 6.07 Å². The number of hydrogen-bond acceptors (Lipinski definition) is 3. The third-order valence-corrected chi connectivity index (χ3v) is 2.65. The van der Waals surface area contributed by atoms with Gasteiger partial charge in [0.05, 0.1) is 5.56 Å². The molecule has 0 bridgehead atoms. The molecular formula is C15H10FNO3. The van der Waals surface area contributed by atoms with Gasteiger partial charge in [0.2, 0.25) is 0 Å². The summed E-state index contributed by atoms with van der Waals surface area (Å²) >= 11 is 0. The fourth-order valence-corrected chi connectivity index (χ4v) is 1.68. The number of aromatic carboxylic acids is 1. The summed E-state index contributed by atoms with van der Waals surface area (Å²) in [4.78, 5) is 11.1. The topological polar surface area (TPSA) is 70.3 Å². The molecule has 5 heteroatoms. The van der Waals surface area contributed by atoms with Crippen molar-refractivity contribution in [2.24, 2.45) is 0 Å². The Bertz CT molecular complexity index is 720. The normalized spacial score (nSPS) is 9.85. The number of aryl methyl sites for hydroxylation is 1. The molecule has 0 saturated heterocycles. The Morgan fingerprint density at radius 1 is 1.25 bits per heavy atom. The molecule has 20 heavy (non-hydrogen) atoms. The van der Waals surface area contributed by atoms with Gasteiger partial charge in [-0.1, -0.05) is 6.07 Å². The van der Waals surface area contributed by atoms with E-state index >= 15 is 0 Å². The number of nitrogens with zero attached hydrogens (tertiary/aromatic N) is 1. The van der Waals surface area contributed by atoms with E-state index in [2.05, 4.69) is 0 Å². The molecule has 0 aliphatic carbocycles. The zero-order valence-corrected chi connectivity index (χ0v) is 10.6. The molecule has 2 rings (SSSR count). The number of rotatable bonds is 3. The highest BCUT2D eigenvalue weighted by Gasteiger charge is 2.14. The van der Waals surface area contributed by atoms with E-state index in [0.717, 1.165) is 23.8 Å². The van der Waals surface area contributed by atoms with Crippen LogP contribution < -0.4 is 4.74 Å². The molecule has 2 aromatic rings. The van der Waals surface area contributed by atoms with Crippen LogP contribution in [0.2, 0.25) is 0 Å². The van der Waals surface area contributed by atoms with Crippen LogP contribution in [0, 0.1) is 24.1 Å². The summed E-state index contributed by atoms with van der Waals surface area (Å²) in [7, 11) is 0. The molecule has 0 radical (unpaired) electrons. The van der Waals surface area contributed by atoms with E-state index in [1.54, 1.807) is 25.1 Å². The maximum Gasteiger partial charge on any atom is 0.339 e. The molecule has 0 aromatic heterocycles. The van der Waals surface area contributed by atoms with Crippen LogP contribution >= 0.6 is 0 Å². The smallest absolute Gasteiger partial charge is 0.339 e. The molecule has 0 atom stereocenters. The Morgan fingerprint density at radius 2 is 2.00 bits per heavy atom. The quantitative estimate of drug-likeness (QED) is 0.927. The van der Waals surface area contributed by atoms with Crippen molar-refractivity contribution in [2.75, 3.05) is 0 Å². The third kappa shape index (κ3) is 2.75. The van der Waals surface area contributed by atoms with Crippen molar-refractivity contribution in [3.05, 3.63) is 58.9 Å². The van der Waals surface area contributed by atoms with E-state index in [4.69, 9.17) is 15.1 Å². The number of carbonyl (C=O) groups is 1. The number of halogens is 1. The summed E-state index contributed by atoms with van der Waals surface area (Å²) in [5, 5.41) is 18.0. The molecule has 100 valence electrons. The lowest BCUT2D eigenvalue weighted by molar-refractivity contribution is 0.0694. The number of benzene rings is 2. The first-order valence-corrected chi connectivity index (χ1v) is 5.72. The van der Waals surface area contributed by atoms with Gasteiger partial charge >= 0.3 is 5.97 Å². The van der Waals surface area contributed by atoms with Gasteiger partial charge in [0.1, 0.15) is 28.9 Å². The van der Waals surface area contributed by atoms with Gasteiger partial charge in [-0.2, -0.15) is 5.26 Å². The molecule has 0 fully saturated rings. The maximum absolute atomic E-state index is 13.2. The zero-order valence-electron chi connectivity index (χ0n) is 10.6. The number of hydrogen-bond donors (Lipinski definition) is 1. The Hall–Kier alpha value is -2.87. The fraction of sp³-hybridized carbons (Fsp3) is 0.0667. The van der Waals surface area contributed by atoms with Gasteiger partial charge in [0.15, 0.2) is 0 Å². The lowest BCUT2D eigenvalue weighted by Crippen LogP contribution is -2.01. The number of carboxylic acid groups (broad SMARTS) is 1. The van der Waals surface area contributed by atoms with Crippen molar-refractivity contribution >= 4 is 5.97 Å². The predicted octanol–water partition coefficient (Wildman–Crippen LogP) is 3.50. The second-order valence-corrected chi connectivity index (χ2v) is 4.16. The second-order valence-electron chi connectivity index (χ2n) is 4.16. The van der Waals surface area contributed by atoms with E-state index in [1.165, 1.54) is 0 Å². The van der Waals surface area contributed by atoms with Crippen LogP contribution in [0.4, 0.5) is 4.39 Å².